The van der Waals surface area contributed by atoms with Gasteiger partial charge in [-0.25, -0.2) is 0 Å². The van der Waals surface area contributed by atoms with Gasteiger partial charge in [-0.2, -0.15) is 0 Å². The molecule has 3 heteroatoms. The SMILES string of the molecule is O=C(C[C@H](O)C1CCCCC1)Sc1ccccc1. The van der Waals surface area contributed by atoms with Crippen LogP contribution >= 0.6 is 11.8 Å². The number of hydrogen-bond acceptors (Lipinski definition) is 3. The molecule has 1 aromatic rings. The second kappa shape index (κ2) is 6.95. The number of aliphatic hydroxyl groups is 1. The molecule has 0 aliphatic heterocycles. The van der Waals surface area contributed by atoms with Crippen LogP contribution in [0.25, 0.3) is 0 Å². The molecule has 0 aromatic heterocycles. The number of benzene rings is 1. The van der Waals surface area contributed by atoms with Crippen molar-refractivity contribution in [1.82, 2.24) is 0 Å². The molecule has 1 atom stereocenters. The minimum absolute atomic E-state index is 0.0688. The maximum Gasteiger partial charge on any atom is 0.196 e. The first-order valence-corrected chi connectivity index (χ1v) is 7.51. The molecule has 0 unspecified atom stereocenters. The maximum absolute atomic E-state index is 11.9. The number of hydrogen-bond donors (Lipinski definition) is 1. The normalized spacial score (nSPS) is 18.5. The van der Waals surface area contributed by atoms with E-state index in [2.05, 4.69) is 0 Å². The van der Waals surface area contributed by atoms with E-state index in [0.717, 1.165) is 17.7 Å². The van der Waals surface area contributed by atoms with Gasteiger partial charge in [-0.3, -0.25) is 4.79 Å². The molecule has 18 heavy (non-hydrogen) atoms. The fourth-order valence-electron chi connectivity index (χ4n) is 2.52. The maximum atomic E-state index is 11.9. The molecule has 98 valence electrons. The lowest BCUT2D eigenvalue weighted by Crippen LogP contribution is -2.24. The Morgan fingerprint density at radius 1 is 1.22 bits per heavy atom. The van der Waals surface area contributed by atoms with Crippen LogP contribution in [0.2, 0.25) is 0 Å². The summed E-state index contributed by atoms with van der Waals surface area (Å²) in [7, 11) is 0. The molecule has 0 bridgehead atoms. The van der Waals surface area contributed by atoms with Gasteiger partial charge in [0.05, 0.1) is 6.10 Å². The van der Waals surface area contributed by atoms with Crippen molar-refractivity contribution in [3.05, 3.63) is 30.3 Å². The van der Waals surface area contributed by atoms with Crippen molar-refractivity contribution in [2.24, 2.45) is 5.92 Å². The Morgan fingerprint density at radius 2 is 1.89 bits per heavy atom. The van der Waals surface area contributed by atoms with E-state index in [1.165, 1.54) is 31.0 Å². The summed E-state index contributed by atoms with van der Waals surface area (Å²) in [6.07, 6.45) is 5.65. The lowest BCUT2D eigenvalue weighted by atomic mass is 9.84. The highest BCUT2D eigenvalue weighted by molar-refractivity contribution is 8.13. The third kappa shape index (κ3) is 4.14. The summed E-state index contributed by atoms with van der Waals surface area (Å²) in [5, 5.41) is 10.2. The third-order valence-corrected chi connectivity index (χ3v) is 4.45. The van der Waals surface area contributed by atoms with E-state index in [0.29, 0.717) is 5.92 Å². The van der Waals surface area contributed by atoms with Crippen LogP contribution in [0.3, 0.4) is 0 Å². The Bertz CT molecular complexity index is 371. The molecule has 2 nitrogen and oxygen atoms in total. The fourth-order valence-corrected chi connectivity index (χ4v) is 3.33. The quantitative estimate of drug-likeness (QED) is 0.844. The standard InChI is InChI=1S/C15H20O2S/c16-14(12-7-3-1-4-8-12)11-15(17)18-13-9-5-2-6-10-13/h2,5-6,9-10,12,14,16H,1,3-4,7-8,11H2/t14-/m0/s1. The summed E-state index contributed by atoms with van der Waals surface area (Å²) in [6, 6.07) is 9.64. The van der Waals surface area contributed by atoms with E-state index < -0.39 is 6.10 Å². The average molecular weight is 264 g/mol. The van der Waals surface area contributed by atoms with Gasteiger partial charge in [0.1, 0.15) is 0 Å². The third-order valence-electron chi connectivity index (χ3n) is 3.54. The molecule has 0 heterocycles. The zero-order valence-corrected chi connectivity index (χ0v) is 11.4. The summed E-state index contributed by atoms with van der Waals surface area (Å²) < 4.78 is 0. The first kappa shape index (κ1) is 13.6. The predicted octanol–water partition coefficient (Wildman–Crippen LogP) is 3.64. The van der Waals surface area contributed by atoms with Crippen molar-refractivity contribution in [1.29, 1.82) is 0 Å². The van der Waals surface area contributed by atoms with E-state index >= 15 is 0 Å². The molecule has 0 amide bonds. The van der Waals surface area contributed by atoms with Gasteiger partial charge in [-0.15, -0.1) is 0 Å². The van der Waals surface area contributed by atoms with E-state index in [1.54, 1.807) is 0 Å². The van der Waals surface area contributed by atoms with Crippen LogP contribution in [0.1, 0.15) is 38.5 Å². The van der Waals surface area contributed by atoms with Crippen molar-refractivity contribution in [2.45, 2.75) is 49.5 Å². The summed E-state index contributed by atoms with van der Waals surface area (Å²) in [5.41, 5.74) is 0. The number of aliphatic hydroxyl groups excluding tert-OH is 1. The Kier molecular flexibility index (Phi) is 5.26. The molecule has 1 N–H and O–H groups in total. The number of carbonyl (C=O) groups is 1. The summed E-state index contributed by atoms with van der Waals surface area (Å²) in [5.74, 6) is 0.332. The van der Waals surface area contributed by atoms with Gasteiger partial charge in [-0.1, -0.05) is 49.2 Å². The summed E-state index contributed by atoms with van der Waals surface area (Å²) in [4.78, 5) is 12.8. The van der Waals surface area contributed by atoms with Crippen molar-refractivity contribution in [3.8, 4) is 0 Å². The van der Waals surface area contributed by atoms with E-state index in [9.17, 15) is 9.90 Å². The molecule has 1 aliphatic carbocycles. The van der Waals surface area contributed by atoms with Gasteiger partial charge in [-0.05, 0) is 30.9 Å². The van der Waals surface area contributed by atoms with Crippen LogP contribution in [0.5, 0.6) is 0 Å². The van der Waals surface area contributed by atoms with Crippen molar-refractivity contribution < 1.29 is 9.90 Å². The minimum atomic E-state index is -0.450. The smallest absolute Gasteiger partial charge is 0.196 e. The lowest BCUT2D eigenvalue weighted by Gasteiger charge is -2.25. The topological polar surface area (TPSA) is 37.3 Å². The first-order valence-electron chi connectivity index (χ1n) is 6.69. The highest BCUT2D eigenvalue weighted by Crippen LogP contribution is 2.29. The minimum Gasteiger partial charge on any atom is -0.392 e. The van der Waals surface area contributed by atoms with Gasteiger partial charge in [0.25, 0.3) is 0 Å². The van der Waals surface area contributed by atoms with Gasteiger partial charge in [0.15, 0.2) is 5.12 Å². The second-order valence-corrected chi connectivity index (χ2v) is 6.09. The molecular weight excluding hydrogens is 244 g/mol. The largest absolute Gasteiger partial charge is 0.392 e. The highest BCUT2D eigenvalue weighted by atomic mass is 32.2. The molecule has 1 aliphatic rings. The second-order valence-electron chi connectivity index (χ2n) is 4.96. The lowest BCUT2D eigenvalue weighted by molar-refractivity contribution is -0.113. The van der Waals surface area contributed by atoms with Gasteiger partial charge in [0, 0.05) is 11.3 Å². The first-order chi connectivity index (χ1) is 8.75. The van der Waals surface area contributed by atoms with Crippen molar-refractivity contribution in [3.63, 3.8) is 0 Å². The van der Waals surface area contributed by atoms with E-state index in [-0.39, 0.29) is 11.5 Å². The van der Waals surface area contributed by atoms with Gasteiger partial charge < -0.3 is 5.11 Å². The van der Waals surface area contributed by atoms with Crippen molar-refractivity contribution in [2.75, 3.05) is 0 Å². The van der Waals surface area contributed by atoms with Gasteiger partial charge in [0.2, 0.25) is 0 Å². The number of thioether (sulfide) groups is 1. The molecule has 1 aromatic carbocycles. The van der Waals surface area contributed by atoms with Gasteiger partial charge >= 0.3 is 0 Å². The van der Waals surface area contributed by atoms with E-state index in [4.69, 9.17) is 0 Å². The molecule has 0 radical (unpaired) electrons. The predicted molar refractivity (Wildman–Crippen MR) is 74.5 cm³/mol. The van der Waals surface area contributed by atoms with Crippen LogP contribution in [0.15, 0.2) is 35.2 Å². The summed E-state index contributed by atoms with van der Waals surface area (Å²) in [6.45, 7) is 0. The fraction of sp³-hybridized carbons (Fsp3) is 0.533. The Balaban J connectivity index is 1.79. The Labute approximate surface area is 113 Å². The van der Waals surface area contributed by atoms with Crippen LogP contribution in [-0.2, 0) is 4.79 Å². The molecule has 1 fully saturated rings. The average Bonchev–Trinajstić information content (AvgIpc) is 2.40. The van der Waals surface area contributed by atoms with Crippen LogP contribution in [0, 0.1) is 5.92 Å². The molecule has 1 saturated carbocycles. The highest BCUT2D eigenvalue weighted by Gasteiger charge is 2.23. The van der Waals surface area contributed by atoms with Crippen LogP contribution < -0.4 is 0 Å². The molecule has 0 saturated heterocycles. The van der Waals surface area contributed by atoms with Crippen molar-refractivity contribution >= 4 is 16.9 Å². The van der Waals surface area contributed by atoms with Crippen LogP contribution in [0.4, 0.5) is 0 Å². The zero-order valence-electron chi connectivity index (χ0n) is 10.5. The summed E-state index contributed by atoms with van der Waals surface area (Å²) >= 11 is 1.24. The number of rotatable bonds is 4. The Morgan fingerprint density at radius 3 is 2.56 bits per heavy atom. The molecular formula is C15H20O2S. The number of carbonyl (C=O) groups excluding carboxylic acids is 1. The van der Waals surface area contributed by atoms with E-state index in [1.807, 2.05) is 30.3 Å². The Hall–Kier alpha value is -0.800. The molecule has 0 spiro atoms. The zero-order chi connectivity index (χ0) is 12.8. The monoisotopic (exact) mass is 264 g/mol. The molecule has 2 rings (SSSR count). The van der Waals surface area contributed by atoms with Crippen LogP contribution in [-0.4, -0.2) is 16.3 Å².